The van der Waals surface area contributed by atoms with E-state index < -0.39 is 11.6 Å². The maximum absolute atomic E-state index is 13.1. The third kappa shape index (κ3) is 8.36. The van der Waals surface area contributed by atoms with E-state index in [0.717, 1.165) is 16.9 Å². The van der Waals surface area contributed by atoms with Gasteiger partial charge in [-0.3, -0.25) is 9.59 Å². The lowest BCUT2D eigenvalue weighted by atomic mass is 10.1. The molecule has 174 valence electrons. The van der Waals surface area contributed by atoms with Crippen LogP contribution in [-0.2, 0) is 16.1 Å². The number of rotatable bonds is 9. The predicted octanol–water partition coefficient (Wildman–Crippen LogP) is 5.79. The van der Waals surface area contributed by atoms with E-state index in [1.165, 1.54) is 0 Å². The van der Waals surface area contributed by atoms with Crippen LogP contribution < -0.4 is 10.1 Å². The summed E-state index contributed by atoms with van der Waals surface area (Å²) >= 11 is 12.3. The molecule has 0 aliphatic carbocycles. The number of ether oxygens (including phenoxy) is 1. The molecule has 1 N–H and O–H groups in total. The number of carbonyl (C=O) groups excluding carboxylic acids is 2. The second-order valence-electron chi connectivity index (χ2n) is 8.94. The molecule has 0 aliphatic heterocycles. The minimum Gasteiger partial charge on any atom is -0.494 e. The molecule has 0 saturated heterocycles. The average Bonchev–Trinajstić information content (AvgIpc) is 2.70. The molecular weight excluding hydrogens is 447 g/mol. The number of benzene rings is 2. The summed E-state index contributed by atoms with van der Waals surface area (Å²) in [5.74, 6) is 0.415. The normalized spacial score (nSPS) is 12.2. The standard InChI is InChI=1S/C25H32Cl2N2O3/c1-17-8-12-21(13-9-17)32-14-6-7-23(30)29(18(2)24(31)28-25(3,4)5)16-19-10-11-20(26)15-22(19)27/h8-13,15,18H,6-7,14,16H2,1-5H3,(H,28,31)/t18-/m1/s1. The predicted molar refractivity (Wildman–Crippen MR) is 130 cm³/mol. The molecule has 0 radical (unpaired) electrons. The van der Waals surface area contributed by atoms with E-state index in [-0.39, 0.29) is 24.8 Å². The van der Waals surface area contributed by atoms with E-state index in [2.05, 4.69) is 5.32 Å². The molecule has 2 rings (SSSR count). The molecule has 2 aromatic carbocycles. The Morgan fingerprint density at radius 3 is 2.34 bits per heavy atom. The molecule has 1 atom stereocenters. The van der Waals surface area contributed by atoms with Gasteiger partial charge in [0.1, 0.15) is 11.8 Å². The van der Waals surface area contributed by atoms with Crippen LogP contribution in [0.4, 0.5) is 0 Å². The molecule has 0 fully saturated rings. The highest BCUT2D eigenvalue weighted by molar-refractivity contribution is 6.35. The highest BCUT2D eigenvalue weighted by Crippen LogP contribution is 2.24. The van der Waals surface area contributed by atoms with Gasteiger partial charge < -0.3 is 15.0 Å². The van der Waals surface area contributed by atoms with Crippen molar-refractivity contribution in [2.24, 2.45) is 0 Å². The minimum absolute atomic E-state index is 0.139. The topological polar surface area (TPSA) is 58.6 Å². The van der Waals surface area contributed by atoms with Crippen LogP contribution in [0.2, 0.25) is 10.0 Å². The molecular formula is C25H32Cl2N2O3. The van der Waals surface area contributed by atoms with Crippen LogP contribution in [0.25, 0.3) is 0 Å². The number of hydrogen-bond donors (Lipinski definition) is 1. The fraction of sp³-hybridized carbons (Fsp3) is 0.440. The van der Waals surface area contributed by atoms with Crippen LogP contribution in [0.15, 0.2) is 42.5 Å². The van der Waals surface area contributed by atoms with Gasteiger partial charge in [-0.25, -0.2) is 0 Å². The van der Waals surface area contributed by atoms with Crippen molar-refractivity contribution in [3.63, 3.8) is 0 Å². The molecule has 0 bridgehead atoms. The van der Waals surface area contributed by atoms with Gasteiger partial charge in [-0.05, 0) is 70.9 Å². The zero-order valence-electron chi connectivity index (χ0n) is 19.4. The quantitative estimate of drug-likeness (QED) is 0.463. The molecule has 0 saturated carbocycles. The maximum atomic E-state index is 13.1. The summed E-state index contributed by atoms with van der Waals surface area (Å²) < 4.78 is 5.73. The Bertz CT molecular complexity index is 924. The molecule has 5 nitrogen and oxygen atoms in total. The number of amides is 2. The van der Waals surface area contributed by atoms with Crippen LogP contribution in [0, 0.1) is 6.92 Å². The Morgan fingerprint density at radius 1 is 1.09 bits per heavy atom. The van der Waals surface area contributed by atoms with Gasteiger partial charge in [0.2, 0.25) is 11.8 Å². The van der Waals surface area contributed by atoms with Crippen molar-refractivity contribution in [3.05, 3.63) is 63.6 Å². The van der Waals surface area contributed by atoms with E-state index in [4.69, 9.17) is 27.9 Å². The summed E-state index contributed by atoms with van der Waals surface area (Å²) in [5, 5.41) is 3.92. The van der Waals surface area contributed by atoms with Crippen molar-refractivity contribution in [2.75, 3.05) is 6.61 Å². The monoisotopic (exact) mass is 478 g/mol. The SMILES string of the molecule is Cc1ccc(OCCCC(=O)N(Cc2ccc(Cl)cc2Cl)[C@H](C)C(=O)NC(C)(C)C)cc1. The first kappa shape index (κ1) is 26.0. The van der Waals surface area contributed by atoms with Crippen LogP contribution in [0.1, 0.15) is 51.7 Å². The first-order valence-corrected chi connectivity index (χ1v) is 11.5. The van der Waals surface area contributed by atoms with Gasteiger partial charge in [-0.2, -0.15) is 0 Å². The highest BCUT2D eigenvalue weighted by Gasteiger charge is 2.28. The number of nitrogens with one attached hydrogen (secondary N) is 1. The molecule has 2 aromatic rings. The third-order valence-corrected chi connectivity index (χ3v) is 5.43. The van der Waals surface area contributed by atoms with Gasteiger partial charge in [-0.1, -0.05) is 47.0 Å². The maximum Gasteiger partial charge on any atom is 0.242 e. The van der Waals surface area contributed by atoms with Gasteiger partial charge >= 0.3 is 0 Å². The first-order chi connectivity index (χ1) is 15.0. The fourth-order valence-electron chi connectivity index (χ4n) is 3.08. The van der Waals surface area contributed by atoms with Crippen molar-refractivity contribution < 1.29 is 14.3 Å². The molecule has 2 amide bonds. The fourth-order valence-corrected chi connectivity index (χ4v) is 3.55. The number of carbonyl (C=O) groups is 2. The third-order valence-electron chi connectivity index (χ3n) is 4.85. The van der Waals surface area contributed by atoms with E-state index in [0.29, 0.717) is 23.1 Å². The molecule has 0 aromatic heterocycles. The Hall–Kier alpha value is -2.24. The second kappa shape index (κ2) is 11.6. The largest absolute Gasteiger partial charge is 0.494 e. The molecule has 0 heterocycles. The summed E-state index contributed by atoms with van der Waals surface area (Å²) in [5.41, 5.74) is 1.49. The van der Waals surface area contributed by atoms with Crippen molar-refractivity contribution >= 4 is 35.0 Å². The lowest BCUT2D eigenvalue weighted by Crippen LogP contribution is -2.52. The smallest absolute Gasteiger partial charge is 0.242 e. The zero-order chi connectivity index (χ0) is 23.9. The Morgan fingerprint density at radius 2 is 1.75 bits per heavy atom. The lowest BCUT2D eigenvalue weighted by molar-refractivity contribution is -0.141. The Balaban J connectivity index is 2.06. The van der Waals surface area contributed by atoms with Crippen molar-refractivity contribution in [1.29, 1.82) is 0 Å². The van der Waals surface area contributed by atoms with E-state index in [9.17, 15) is 9.59 Å². The molecule has 0 spiro atoms. The summed E-state index contributed by atoms with van der Waals surface area (Å²) in [6.45, 7) is 10.1. The number of hydrogen-bond acceptors (Lipinski definition) is 3. The van der Waals surface area contributed by atoms with Gasteiger partial charge in [0, 0.05) is 28.5 Å². The van der Waals surface area contributed by atoms with Crippen LogP contribution in [0.3, 0.4) is 0 Å². The van der Waals surface area contributed by atoms with Gasteiger partial charge in [0.15, 0.2) is 0 Å². The van der Waals surface area contributed by atoms with Crippen LogP contribution >= 0.6 is 23.2 Å². The summed E-state index contributed by atoms with van der Waals surface area (Å²) in [7, 11) is 0. The van der Waals surface area contributed by atoms with Crippen molar-refractivity contribution in [3.8, 4) is 5.75 Å². The molecule has 0 unspecified atom stereocenters. The van der Waals surface area contributed by atoms with Gasteiger partial charge in [0.25, 0.3) is 0 Å². The Labute approximate surface area is 201 Å². The minimum atomic E-state index is -0.661. The average molecular weight is 479 g/mol. The molecule has 32 heavy (non-hydrogen) atoms. The summed E-state index contributed by atoms with van der Waals surface area (Å²) in [4.78, 5) is 27.5. The van der Waals surface area contributed by atoms with Crippen LogP contribution in [0.5, 0.6) is 5.75 Å². The number of aryl methyl sites for hydroxylation is 1. The molecule has 0 aliphatic rings. The lowest BCUT2D eigenvalue weighted by Gasteiger charge is -2.31. The van der Waals surface area contributed by atoms with Crippen molar-refractivity contribution in [2.45, 2.75) is 65.6 Å². The summed E-state index contributed by atoms with van der Waals surface area (Å²) in [6, 6.07) is 12.3. The van der Waals surface area contributed by atoms with E-state index >= 15 is 0 Å². The van der Waals surface area contributed by atoms with E-state index in [1.54, 1.807) is 30.0 Å². The van der Waals surface area contributed by atoms with Gasteiger partial charge in [0.05, 0.1) is 6.61 Å². The second-order valence-corrected chi connectivity index (χ2v) is 9.78. The molecule has 7 heteroatoms. The van der Waals surface area contributed by atoms with Gasteiger partial charge in [-0.15, -0.1) is 0 Å². The number of halogens is 2. The van der Waals surface area contributed by atoms with Crippen molar-refractivity contribution in [1.82, 2.24) is 10.2 Å². The number of nitrogens with zero attached hydrogens (tertiary/aromatic N) is 1. The summed E-state index contributed by atoms with van der Waals surface area (Å²) in [6.07, 6.45) is 0.787. The van der Waals surface area contributed by atoms with Crippen LogP contribution in [-0.4, -0.2) is 34.9 Å². The highest BCUT2D eigenvalue weighted by atomic mass is 35.5. The van der Waals surface area contributed by atoms with E-state index in [1.807, 2.05) is 52.0 Å². The first-order valence-electron chi connectivity index (χ1n) is 10.7. The Kier molecular flexibility index (Phi) is 9.41. The zero-order valence-corrected chi connectivity index (χ0v) is 20.9.